The summed E-state index contributed by atoms with van der Waals surface area (Å²) >= 11 is 0. The van der Waals surface area contributed by atoms with E-state index < -0.39 is 25.9 Å². The van der Waals surface area contributed by atoms with Crippen LogP contribution in [0.25, 0.3) is 0 Å². The fraction of sp³-hybridized carbons (Fsp3) is 0.300. The average Bonchev–Trinajstić information content (AvgIpc) is 2.29. The SMILES string of the molecule is O=C1NCC(c2ccc(F)c(S(=O)(=O)Cl)c2)CO1. The predicted octanol–water partition coefficient (Wildman–Crippen LogP) is 1.58. The first-order chi connectivity index (χ1) is 8.38. The number of nitrogens with one attached hydrogen (secondary N) is 1. The van der Waals surface area contributed by atoms with Gasteiger partial charge in [-0.25, -0.2) is 17.6 Å². The van der Waals surface area contributed by atoms with Crippen molar-refractivity contribution in [1.82, 2.24) is 5.32 Å². The summed E-state index contributed by atoms with van der Waals surface area (Å²) in [6, 6.07) is 3.62. The highest BCUT2D eigenvalue weighted by atomic mass is 35.7. The van der Waals surface area contributed by atoms with Gasteiger partial charge in [-0.3, -0.25) is 0 Å². The maximum absolute atomic E-state index is 13.3. The molecule has 0 bridgehead atoms. The molecule has 0 radical (unpaired) electrons. The summed E-state index contributed by atoms with van der Waals surface area (Å²) in [7, 11) is 0.993. The van der Waals surface area contributed by atoms with Gasteiger partial charge < -0.3 is 10.1 Å². The molecule has 18 heavy (non-hydrogen) atoms. The Kier molecular flexibility index (Phi) is 3.45. The molecule has 5 nitrogen and oxygen atoms in total. The van der Waals surface area contributed by atoms with Crippen molar-refractivity contribution in [3.8, 4) is 0 Å². The molecular weight excluding hydrogens is 285 g/mol. The Morgan fingerprint density at radius 3 is 2.72 bits per heavy atom. The average molecular weight is 294 g/mol. The minimum absolute atomic E-state index is 0.110. The van der Waals surface area contributed by atoms with Gasteiger partial charge in [-0.2, -0.15) is 0 Å². The largest absolute Gasteiger partial charge is 0.449 e. The standard InChI is InChI=1S/C10H9ClFNO4S/c11-18(15,16)9-3-6(1-2-8(9)12)7-4-13-10(14)17-5-7/h1-3,7H,4-5H2,(H,13,14). The van der Waals surface area contributed by atoms with Gasteiger partial charge in [-0.05, 0) is 17.7 Å². The molecule has 1 aliphatic rings. The molecule has 1 unspecified atom stereocenters. The zero-order valence-corrected chi connectivity index (χ0v) is 10.6. The fourth-order valence-electron chi connectivity index (χ4n) is 1.67. The molecule has 2 rings (SSSR count). The van der Waals surface area contributed by atoms with Crippen LogP contribution in [0, 0.1) is 5.82 Å². The molecular formula is C10H9ClFNO4S. The molecule has 1 aromatic rings. The Labute approximate surface area is 107 Å². The quantitative estimate of drug-likeness (QED) is 0.840. The van der Waals surface area contributed by atoms with Crippen molar-refractivity contribution in [2.75, 3.05) is 13.2 Å². The number of halogens is 2. The van der Waals surface area contributed by atoms with Crippen molar-refractivity contribution >= 4 is 25.8 Å². The normalized spacial score (nSPS) is 20.1. The Balaban J connectivity index is 2.33. The van der Waals surface area contributed by atoms with Gasteiger partial charge in [0.1, 0.15) is 17.3 Å². The Morgan fingerprint density at radius 2 is 2.17 bits per heavy atom. The van der Waals surface area contributed by atoms with Crippen LogP contribution < -0.4 is 5.32 Å². The first-order valence-corrected chi connectivity index (χ1v) is 7.33. The lowest BCUT2D eigenvalue weighted by atomic mass is 9.99. The van der Waals surface area contributed by atoms with E-state index in [0.29, 0.717) is 12.1 Å². The smallest absolute Gasteiger partial charge is 0.407 e. The second kappa shape index (κ2) is 4.74. The topological polar surface area (TPSA) is 72.5 Å². The molecule has 1 amide bonds. The van der Waals surface area contributed by atoms with Crippen molar-refractivity contribution in [2.24, 2.45) is 0 Å². The molecule has 0 aliphatic carbocycles. The monoisotopic (exact) mass is 293 g/mol. The number of benzene rings is 1. The van der Waals surface area contributed by atoms with Crippen LogP contribution in [0.3, 0.4) is 0 Å². The minimum atomic E-state index is -4.14. The van der Waals surface area contributed by atoms with Gasteiger partial charge in [0.2, 0.25) is 0 Å². The number of alkyl carbamates (subject to hydrolysis) is 1. The third-order valence-electron chi connectivity index (χ3n) is 2.60. The van der Waals surface area contributed by atoms with Crippen LogP contribution in [0.2, 0.25) is 0 Å². The zero-order chi connectivity index (χ0) is 13.3. The number of carbonyl (C=O) groups is 1. The van der Waals surface area contributed by atoms with E-state index in [1.54, 1.807) is 0 Å². The van der Waals surface area contributed by atoms with Crippen molar-refractivity contribution in [3.05, 3.63) is 29.6 Å². The van der Waals surface area contributed by atoms with E-state index in [1.807, 2.05) is 0 Å². The Hall–Kier alpha value is -1.34. The van der Waals surface area contributed by atoms with Gasteiger partial charge in [0, 0.05) is 23.1 Å². The number of cyclic esters (lactones) is 1. The fourth-order valence-corrected chi connectivity index (χ4v) is 2.60. The van der Waals surface area contributed by atoms with Crippen LogP contribution in [0.5, 0.6) is 0 Å². The van der Waals surface area contributed by atoms with Gasteiger partial charge in [0.05, 0.1) is 0 Å². The number of amides is 1. The van der Waals surface area contributed by atoms with Crippen molar-refractivity contribution in [1.29, 1.82) is 0 Å². The number of carbonyl (C=O) groups excluding carboxylic acids is 1. The van der Waals surface area contributed by atoms with E-state index in [1.165, 1.54) is 6.07 Å². The summed E-state index contributed by atoms with van der Waals surface area (Å²) in [6.07, 6.45) is -0.529. The van der Waals surface area contributed by atoms with Crippen LogP contribution in [0.15, 0.2) is 23.1 Å². The van der Waals surface area contributed by atoms with Gasteiger partial charge in [-0.1, -0.05) is 6.07 Å². The molecule has 1 atom stereocenters. The molecule has 0 aromatic heterocycles. The third kappa shape index (κ3) is 2.73. The van der Waals surface area contributed by atoms with Crippen LogP contribution >= 0.6 is 10.7 Å². The van der Waals surface area contributed by atoms with Crippen LogP contribution in [-0.4, -0.2) is 27.7 Å². The number of ether oxygens (including phenoxy) is 1. The van der Waals surface area contributed by atoms with E-state index in [9.17, 15) is 17.6 Å². The summed E-state index contributed by atoms with van der Waals surface area (Å²) in [5, 5.41) is 2.47. The lowest BCUT2D eigenvalue weighted by molar-refractivity contribution is 0.120. The van der Waals surface area contributed by atoms with E-state index in [2.05, 4.69) is 5.32 Å². The summed E-state index contributed by atoms with van der Waals surface area (Å²) < 4.78 is 40.4. The second-order valence-corrected chi connectivity index (χ2v) is 6.34. The van der Waals surface area contributed by atoms with E-state index >= 15 is 0 Å². The second-order valence-electron chi connectivity index (χ2n) is 3.80. The third-order valence-corrected chi connectivity index (χ3v) is 3.93. The summed E-state index contributed by atoms with van der Waals surface area (Å²) in [5.74, 6) is -1.14. The molecule has 1 saturated heterocycles. The van der Waals surface area contributed by atoms with Gasteiger partial charge >= 0.3 is 6.09 Å². The first-order valence-electron chi connectivity index (χ1n) is 5.02. The summed E-state index contributed by atoms with van der Waals surface area (Å²) in [5.41, 5.74) is 0.538. The van der Waals surface area contributed by atoms with Crippen molar-refractivity contribution in [2.45, 2.75) is 10.8 Å². The van der Waals surface area contributed by atoms with E-state index in [0.717, 1.165) is 12.1 Å². The highest BCUT2D eigenvalue weighted by Crippen LogP contribution is 2.25. The van der Waals surface area contributed by atoms with Crippen LogP contribution in [-0.2, 0) is 13.8 Å². The molecule has 0 spiro atoms. The first kappa shape index (κ1) is 13.1. The number of hydrogen-bond acceptors (Lipinski definition) is 4. The highest BCUT2D eigenvalue weighted by Gasteiger charge is 2.24. The van der Waals surface area contributed by atoms with Crippen molar-refractivity contribution < 1.29 is 22.3 Å². The summed E-state index contributed by atoms with van der Waals surface area (Å²) in [6.45, 7) is 0.408. The maximum atomic E-state index is 13.3. The number of rotatable bonds is 2. The Morgan fingerprint density at radius 1 is 1.44 bits per heavy atom. The maximum Gasteiger partial charge on any atom is 0.407 e. The van der Waals surface area contributed by atoms with Crippen LogP contribution in [0.4, 0.5) is 9.18 Å². The number of hydrogen-bond donors (Lipinski definition) is 1. The minimum Gasteiger partial charge on any atom is -0.449 e. The van der Waals surface area contributed by atoms with E-state index in [-0.39, 0.29) is 12.5 Å². The van der Waals surface area contributed by atoms with Gasteiger partial charge in [-0.15, -0.1) is 0 Å². The van der Waals surface area contributed by atoms with Gasteiger partial charge in [0.25, 0.3) is 9.05 Å². The predicted molar refractivity (Wildman–Crippen MR) is 61.5 cm³/mol. The zero-order valence-electron chi connectivity index (χ0n) is 9.02. The molecule has 1 N–H and O–H groups in total. The molecule has 0 saturated carbocycles. The molecule has 8 heteroatoms. The summed E-state index contributed by atoms with van der Waals surface area (Å²) in [4.78, 5) is 10.2. The molecule has 1 fully saturated rings. The van der Waals surface area contributed by atoms with Gasteiger partial charge in [0.15, 0.2) is 0 Å². The molecule has 1 aliphatic heterocycles. The lowest BCUT2D eigenvalue weighted by Gasteiger charge is -2.23. The Bertz CT molecular complexity index is 580. The van der Waals surface area contributed by atoms with Crippen molar-refractivity contribution in [3.63, 3.8) is 0 Å². The highest BCUT2D eigenvalue weighted by molar-refractivity contribution is 8.13. The molecule has 1 aromatic carbocycles. The molecule has 98 valence electrons. The van der Waals surface area contributed by atoms with E-state index in [4.69, 9.17) is 15.4 Å². The lowest BCUT2D eigenvalue weighted by Crippen LogP contribution is -2.37. The van der Waals surface area contributed by atoms with Crippen LogP contribution in [0.1, 0.15) is 11.5 Å². The molecule has 1 heterocycles.